The summed E-state index contributed by atoms with van der Waals surface area (Å²) in [7, 11) is -9.91. The second-order valence-electron chi connectivity index (χ2n) is 29.8. The molecule has 0 aromatic rings. The lowest BCUT2D eigenvalue weighted by Gasteiger charge is -2.21. The molecule has 3 unspecified atom stereocenters. The Labute approximate surface area is 594 Å². The SMILES string of the molecule is CCC(C)CCCCCCCCC(=O)OC[C@H](COP(=O)(O)OC[C@H](O)COP(=O)(O)OC[C@@H](COC(=O)CCCCCCCCC(C)C)OC(=O)CCCCCCCCCCCCCCCCC(C)C)OC(=O)CCCCCCCCCCCCCCCCCCCCC(C)C. The van der Waals surface area contributed by atoms with Gasteiger partial charge in [0.05, 0.1) is 26.4 Å². The lowest BCUT2D eigenvalue weighted by molar-refractivity contribution is -0.161. The van der Waals surface area contributed by atoms with Gasteiger partial charge in [0.1, 0.15) is 19.3 Å². The third-order valence-electron chi connectivity index (χ3n) is 18.4. The first-order valence-corrected chi connectivity index (χ1v) is 43.2. The summed E-state index contributed by atoms with van der Waals surface area (Å²) in [4.78, 5) is 72.8. The molecule has 0 spiro atoms. The fourth-order valence-electron chi connectivity index (χ4n) is 11.9. The van der Waals surface area contributed by atoms with Crippen LogP contribution in [0.5, 0.6) is 0 Å². The van der Waals surface area contributed by atoms with E-state index in [1.165, 1.54) is 186 Å². The number of phosphoric ester groups is 2. The van der Waals surface area contributed by atoms with Crippen LogP contribution in [0.4, 0.5) is 0 Å². The summed E-state index contributed by atoms with van der Waals surface area (Å²) >= 11 is 0. The standard InChI is InChI=1S/C78H152O17P2/c1-9-71(8)57-49-41-35-37-43-51-59-76(81)89-65-74(95-78(83)60-52-44-32-28-24-20-15-13-11-10-12-14-18-22-26-30-38-46-54-68(2)3)67-93-97(86,87)91-63-72(79)62-90-96(84,85)92-66-73(64-88-75(80)58-50-42-36-34-40-48-56-70(6)7)94-77(82)61-53-45-33-29-25-21-17-16-19-23-27-31-39-47-55-69(4)5/h68-74,79H,9-67H2,1-8H3,(H,84,85)(H,86,87)/t71?,72-,73-,74-/m1/s1. The molecule has 0 saturated heterocycles. The summed E-state index contributed by atoms with van der Waals surface area (Å²) in [5.74, 6) is 0.903. The van der Waals surface area contributed by atoms with Gasteiger partial charge in [-0.3, -0.25) is 37.3 Å². The Balaban J connectivity index is 5.16. The minimum atomic E-state index is -4.96. The molecule has 0 radical (unpaired) electrons. The highest BCUT2D eigenvalue weighted by Gasteiger charge is 2.30. The third-order valence-corrected chi connectivity index (χ3v) is 20.3. The fourth-order valence-corrected chi connectivity index (χ4v) is 13.5. The van der Waals surface area contributed by atoms with Crippen molar-refractivity contribution in [3.8, 4) is 0 Å². The van der Waals surface area contributed by atoms with Crippen LogP contribution in [0.3, 0.4) is 0 Å². The maximum absolute atomic E-state index is 13.1. The molecule has 0 aliphatic carbocycles. The van der Waals surface area contributed by atoms with E-state index in [0.717, 1.165) is 120 Å². The number of hydrogen-bond acceptors (Lipinski definition) is 15. The van der Waals surface area contributed by atoms with Gasteiger partial charge in [0, 0.05) is 25.7 Å². The highest BCUT2D eigenvalue weighted by molar-refractivity contribution is 7.47. The smallest absolute Gasteiger partial charge is 0.462 e. The third kappa shape index (κ3) is 70.9. The predicted molar refractivity (Wildman–Crippen MR) is 395 cm³/mol. The second-order valence-corrected chi connectivity index (χ2v) is 32.7. The number of ether oxygens (including phenoxy) is 4. The number of aliphatic hydroxyl groups excluding tert-OH is 1. The Bertz CT molecular complexity index is 1900. The summed E-state index contributed by atoms with van der Waals surface area (Å²) in [6.45, 7) is 14.1. The molecular weight excluding hydrogens is 1270 g/mol. The Morgan fingerprint density at radius 1 is 0.289 bits per heavy atom. The molecule has 0 aromatic heterocycles. The molecule has 3 N–H and O–H groups in total. The molecule has 97 heavy (non-hydrogen) atoms. The van der Waals surface area contributed by atoms with Gasteiger partial charge in [-0.15, -0.1) is 0 Å². The zero-order valence-corrected chi connectivity index (χ0v) is 65.5. The average Bonchev–Trinajstić information content (AvgIpc) is 1.13. The number of carbonyl (C=O) groups is 4. The van der Waals surface area contributed by atoms with Gasteiger partial charge in [0.2, 0.25) is 0 Å². The molecule has 0 aromatic carbocycles. The highest BCUT2D eigenvalue weighted by atomic mass is 31.2. The molecule has 0 amide bonds. The van der Waals surface area contributed by atoms with Crippen molar-refractivity contribution in [1.29, 1.82) is 0 Å². The maximum Gasteiger partial charge on any atom is 0.472 e. The van der Waals surface area contributed by atoms with Crippen molar-refractivity contribution in [2.75, 3.05) is 39.6 Å². The Hall–Kier alpha value is -1.94. The topological polar surface area (TPSA) is 237 Å². The van der Waals surface area contributed by atoms with Crippen LogP contribution in [0.1, 0.15) is 396 Å². The van der Waals surface area contributed by atoms with Crippen molar-refractivity contribution < 1.29 is 80.2 Å². The van der Waals surface area contributed by atoms with Crippen molar-refractivity contribution in [2.45, 2.75) is 414 Å². The first kappa shape index (κ1) is 95.1. The first-order chi connectivity index (χ1) is 46.6. The molecule has 0 heterocycles. The summed E-state index contributed by atoms with van der Waals surface area (Å²) in [5.41, 5.74) is 0. The molecule has 17 nitrogen and oxygen atoms in total. The van der Waals surface area contributed by atoms with Gasteiger partial charge in [-0.2, -0.15) is 0 Å². The first-order valence-electron chi connectivity index (χ1n) is 40.2. The molecule has 0 saturated carbocycles. The maximum atomic E-state index is 13.1. The lowest BCUT2D eigenvalue weighted by atomic mass is 10.00. The van der Waals surface area contributed by atoms with Crippen molar-refractivity contribution in [3.63, 3.8) is 0 Å². The van der Waals surface area contributed by atoms with Gasteiger partial charge < -0.3 is 33.8 Å². The largest absolute Gasteiger partial charge is 0.472 e. The minimum Gasteiger partial charge on any atom is -0.462 e. The van der Waals surface area contributed by atoms with Gasteiger partial charge in [-0.25, -0.2) is 9.13 Å². The van der Waals surface area contributed by atoms with E-state index in [1.54, 1.807) is 0 Å². The molecule has 0 bridgehead atoms. The van der Waals surface area contributed by atoms with Crippen LogP contribution in [0, 0.1) is 23.7 Å². The summed E-state index contributed by atoms with van der Waals surface area (Å²) in [5, 5.41) is 10.6. The molecule has 0 aliphatic rings. The molecule has 0 rings (SSSR count). The van der Waals surface area contributed by atoms with Crippen molar-refractivity contribution in [2.24, 2.45) is 23.7 Å². The normalized spacial score (nSPS) is 14.4. The fraction of sp³-hybridized carbons (Fsp3) is 0.949. The van der Waals surface area contributed by atoms with Crippen molar-refractivity contribution >= 4 is 39.5 Å². The summed E-state index contributed by atoms with van der Waals surface area (Å²) in [6.07, 6.45) is 53.0. The molecule has 0 fully saturated rings. The van der Waals surface area contributed by atoms with Crippen molar-refractivity contribution in [1.82, 2.24) is 0 Å². The van der Waals surface area contributed by atoms with E-state index >= 15 is 0 Å². The highest BCUT2D eigenvalue weighted by Crippen LogP contribution is 2.45. The Morgan fingerprint density at radius 2 is 0.495 bits per heavy atom. The molecule has 0 aliphatic heterocycles. The zero-order valence-electron chi connectivity index (χ0n) is 63.7. The predicted octanol–water partition coefficient (Wildman–Crippen LogP) is 22.8. The van der Waals surface area contributed by atoms with E-state index in [9.17, 15) is 43.2 Å². The van der Waals surface area contributed by atoms with Crippen LogP contribution in [0.25, 0.3) is 0 Å². The van der Waals surface area contributed by atoms with Gasteiger partial charge in [-0.05, 0) is 49.4 Å². The van der Waals surface area contributed by atoms with Crippen LogP contribution < -0.4 is 0 Å². The van der Waals surface area contributed by atoms with Crippen LogP contribution in [0.2, 0.25) is 0 Å². The van der Waals surface area contributed by atoms with E-state index in [1.807, 2.05) is 0 Å². The lowest BCUT2D eigenvalue weighted by Crippen LogP contribution is -2.30. The number of rotatable bonds is 75. The number of unbranched alkanes of at least 4 members (excludes halogenated alkanes) is 40. The van der Waals surface area contributed by atoms with Gasteiger partial charge >= 0.3 is 39.5 Å². The van der Waals surface area contributed by atoms with Gasteiger partial charge in [0.15, 0.2) is 12.2 Å². The number of hydrogen-bond donors (Lipinski definition) is 3. The number of carbonyl (C=O) groups excluding carboxylic acids is 4. The van der Waals surface area contributed by atoms with E-state index in [0.29, 0.717) is 31.6 Å². The zero-order chi connectivity index (χ0) is 71.7. The van der Waals surface area contributed by atoms with Crippen LogP contribution in [-0.4, -0.2) is 96.7 Å². The van der Waals surface area contributed by atoms with Gasteiger partial charge in [0.25, 0.3) is 0 Å². The quantitative estimate of drug-likeness (QED) is 0.0222. The number of esters is 4. The molecule has 6 atom stereocenters. The Morgan fingerprint density at radius 3 is 0.732 bits per heavy atom. The van der Waals surface area contributed by atoms with E-state index in [2.05, 4.69) is 55.4 Å². The van der Waals surface area contributed by atoms with E-state index < -0.39 is 97.5 Å². The Kier molecular flexibility index (Phi) is 65.9. The molecule has 19 heteroatoms. The number of phosphoric acid groups is 2. The average molecular weight is 1420 g/mol. The van der Waals surface area contributed by atoms with Crippen molar-refractivity contribution in [3.05, 3.63) is 0 Å². The molecule has 576 valence electrons. The summed E-state index contributed by atoms with van der Waals surface area (Å²) < 4.78 is 68.5. The summed E-state index contributed by atoms with van der Waals surface area (Å²) in [6, 6.07) is 0. The van der Waals surface area contributed by atoms with Crippen LogP contribution >= 0.6 is 15.6 Å². The number of aliphatic hydroxyl groups is 1. The minimum absolute atomic E-state index is 0.106. The van der Waals surface area contributed by atoms with Gasteiger partial charge in [-0.1, -0.05) is 344 Å². The van der Waals surface area contributed by atoms with Crippen LogP contribution in [-0.2, 0) is 65.4 Å². The van der Waals surface area contributed by atoms with E-state index in [-0.39, 0.29) is 25.7 Å². The monoisotopic (exact) mass is 1420 g/mol. The molecular formula is C78H152O17P2. The second kappa shape index (κ2) is 67.2. The van der Waals surface area contributed by atoms with Crippen LogP contribution in [0.15, 0.2) is 0 Å². The van der Waals surface area contributed by atoms with E-state index in [4.69, 9.17) is 37.0 Å².